The van der Waals surface area contributed by atoms with Gasteiger partial charge in [0.1, 0.15) is 10.8 Å². The van der Waals surface area contributed by atoms with Gasteiger partial charge in [0.2, 0.25) is 5.88 Å². The van der Waals surface area contributed by atoms with Crippen LogP contribution in [0.15, 0.2) is 30.5 Å². The molecule has 0 spiro atoms. The number of alkyl halides is 3. The van der Waals surface area contributed by atoms with E-state index < -0.39 is 11.7 Å². The number of hydrogen-bond acceptors (Lipinski definition) is 2. The van der Waals surface area contributed by atoms with Gasteiger partial charge in [-0.25, -0.2) is 4.98 Å². The zero-order chi connectivity index (χ0) is 16.9. The van der Waals surface area contributed by atoms with Crippen molar-refractivity contribution in [1.82, 2.24) is 4.98 Å². The maximum absolute atomic E-state index is 12.5. The van der Waals surface area contributed by atoms with E-state index in [2.05, 4.69) is 4.98 Å². The first-order chi connectivity index (χ1) is 10.3. The van der Waals surface area contributed by atoms with Crippen molar-refractivity contribution in [3.63, 3.8) is 0 Å². The van der Waals surface area contributed by atoms with Crippen LogP contribution < -0.4 is 4.74 Å². The van der Waals surface area contributed by atoms with Gasteiger partial charge in [-0.3, -0.25) is 0 Å². The van der Waals surface area contributed by atoms with Gasteiger partial charge in [0.05, 0.1) is 5.56 Å². The Labute approximate surface area is 132 Å². The molecule has 2 rings (SSSR count). The third kappa shape index (κ3) is 4.63. The predicted molar refractivity (Wildman–Crippen MR) is 81.6 cm³/mol. The average Bonchev–Trinajstić information content (AvgIpc) is 2.46. The van der Waals surface area contributed by atoms with Gasteiger partial charge in [0.15, 0.2) is 0 Å². The number of nitrogens with zero attached hydrogens (tertiary/aromatic N) is 1. The summed E-state index contributed by atoms with van der Waals surface area (Å²) in [5.41, 5.74) is 1.18. The third-order valence-electron chi connectivity index (χ3n) is 2.83. The van der Waals surface area contributed by atoms with E-state index in [-0.39, 0.29) is 10.9 Å². The monoisotopic (exact) mass is 331 g/mol. The minimum atomic E-state index is -4.48. The zero-order valence-corrected chi connectivity index (χ0v) is 13.5. The number of ether oxygens (including phenoxy) is 1. The fourth-order valence-corrected chi connectivity index (χ4v) is 1.75. The zero-order valence-electron chi connectivity index (χ0n) is 12.8. The molecule has 1 aromatic heterocycles. The first kappa shape index (κ1) is 18.3. The molecule has 0 atom stereocenters. The molecule has 0 saturated heterocycles. The molecule has 2 nitrogen and oxygen atoms in total. The highest BCUT2D eigenvalue weighted by molar-refractivity contribution is 6.31. The Kier molecular flexibility index (Phi) is 6.23. The molecule has 0 aliphatic carbocycles. The van der Waals surface area contributed by atoms with Crippen LogP contribution >= 0.6 is 11.6 Å². The third-order valence-corrected chi connectivity index (χ3v) is 3.10. The summed E-state index contributed by atoms with van der Waals surface area (Å²) in [7, 11) is 0. The SMILES string of the molecule is CC.Cc1ccc(Oc2ncc(C(F)(F)F)cc2Cl)cc1C. The molecule has 0 aliphatic rings. The van der Waals surface area contributed by atoms with Crippen LogP contribution in [-0.4, -0.2) is 4.98 Å². The van der Waals surface area contributed by atoms with Crippen LogP contribution in [-0.2, 0) is 6.18 Å². The van der Waals surface area contributed by atoms with E-state index in [1.807, 2.05) is 33.8 Å². The standard InChI is InChI=1S/C14H11ClF3NO.C2H6/c1-8-3-4-11(5-9(8)2)20-13-12(15)6-10(7-19-13)14(16,17)18;1-2/h3-7H,1-2H3;1-2H3. The molecule has 0 bridgehead atoms. The van der Waals surface area contributed by atoms with Gasteiger partial charge in [-0.2, -0.15) is 13.2 Å². The summed E-state index contributed by atoms with van der Waals surface area (Å²) < 4.78 is 42.9. The molecule has 6 heteroatoms. The van der Waals surface area contributed by atoms with Crippen molar-refractivity contribution in [1.29, 1.82) is 0 Å². The van der Waals surface area contributed by atoms with Crippen molar-refractivity contribution in [2.45, 2.75) is 33.9 Å². The van der Waals surface area contributed by atoms with Gasteiger partial charge < -0.3 is 4.74 Å². The van der Waals surface area contributed by atoms with Crippen molar-refractivity contribution < 1.29 is 17.9 Å². The van der Waals surface area contributed by atoms with Gasteiger partial charge in [0.25, 0.3) is 0 Å². The normalized spacial score (nSPS) is 10.7. The summed E-state index contributed by atoms with van der Waals surface area (Å²) in [6, 6.07) is 6.12. The molecule has 1 aromatic carbocycles. The van der Waals surface area contributed by atoms with E-state index in [9.17, 15) is 13.2 Å². The summed E-state index contributed by atoms with van der Waals surface area (Å²) in [6.45, 7) is 7.85. The Balaban J connectivity index is 0.00000116. The van der Waals surface area contributed by atoms with E-state index >= 15 is 0 Å². The largest absolute Gasteiger partial charge is 0.438 e. The number of hydrogen-bond donors (Lipinski definition) is 0. The second-order valence-electron chi connectivity index (χ2n) is 4.36. The van der Waals surface area contributed by atoms with Gasteiger partial charge in [-0.05, 0) is 43.2 Å². The molecule has 0 saturated carbocycles. The topological polar surface area (TPSA) is 22.1 Å². The maximum Gasteiger partial charge on any atom is 0.417 e. The molecule has 0 aliphatic heterocycles. The van der Waals surface area contributed by atoms with Gasteiger partial charge in [-0.15, -0.1) is 0 Å². The summed E-state index contributed by atoms with van der Waals surface area (Å²) in [5, 5.41) is -0.182. The lowest BCUT2D eigenvalue weighted by Gasteiger charge is -2.11. The molecule has 0 radical (unpaired) electrons. The highest BCUT2D eigenvalue weighted by Crippen LogP contribution is 2.34. The van der Waals surface area contributed by atoms with Crippen LogP contribution in [0.1, 0.15) is 30.5 Å². The van der Waals surface area contributed by atoms with E-state index in [0.29, 0.717) is 11.9 Å². The molecule has 0 N–H and O–H groups in total. The van der Waals surface area contributed by atoms with E-state index in [1.165, 1.54) is 0 Å². The Morgan fingerprint density at radius 1 is 1.05 bits per heavy atom. The van der Waals surface area contributed by atoms with Crippen LogP contribution in [0, 0.1) is 13.8 Å². The van der Waals surface area contributed by atoms with E-state index in [4.69, 9.17) is 16.3 Å². The summed E-state index contributed by atoms with van der Waals surface area (Å²) >= 11 is 5.77. The first-order valence-corrected chi connectivity index (χ1v) is 7.13. The summed E-state index contributed by atoms with van der Waals surface area (Å²) in [6.07, 6.45) is -3.78. The van der Waals surface area contributed by atoms with E-state index in [0.717, 1.165) is 17.2 Å². The van der Waals surface area contributed by atoms with Crippen LogP contribution in [0.25, 0.3) is 0 Å². The van der Waals surface area contributed by atoms with Crippen molar-refractivity contribution in [2.75, 3.05) is 0 Å². The molecule has 0 amide bonds. The molecule has 120 valence electrons. The van der Waals surface area contributed by atoms with Gasteiger partial charge in [-0.1, -0.05) is 31.5 Å². The van der Waals surface area contributed by atoms with Crippen molar-refractivity contribution >= 4 is 11.6 Å². The van der Waals surface area contributed by atoms with E-state index in [1.54, 1.807) is 12.1 Å². The second kappa shape index (κ2) is 7.49. The number of aromatic nitrogens is 1. The van der Waals surface area contributed by atoms with Crippen molar-refractivity contribution in [3.05, 3.63) is 52.2 Å². The minimum Gasteiger partial charge on any atom is -0.438 e. The predicted octanol–water partition coefficient (Wildman–Crippen LogP) is 6.19. The minimum absolute atomic E-state index is 0.0529. The fourth-order valence-electron chi connectivity index (χ4n) is 1.54. The lowest BCUT2D eigenvalue weighted by Crippen LogP contribution is -2.05. The Hall–Kier alpha value is -1.75. The second-order valence-corrected chi connectivity index (χ2v) is 4.76. The smallest absolute Gasteiger partial charge is 0.417 e. The number of aryl methyl sites for hydroxylation is 2. The van der Waals surface area contributed by atoms with Crippen LogP contribution in [0.3, 0.4) is 0 Å². The first-order valence-electron chi connectivity index (χ1n) is 6.75. The van der Waals surface area contributed by atoms with Crippen molar-refractivity contribution in [2.24, 2.45) is 0 Å². The van der Waals surface area contributed by atoms with Crippen molar-refractivity contribution in [3.8, 4) is 11.6 Å². The Morgan fingerprint density at radius 3 is 2.18 bits per heavy atom. The number of rotatable bonds is 2. The van der Waals surface area contributed by atoms with Crippen LogP contribution in [0.2, 0.25) is 5.02 Å². The molecule has 2 aromatic rings. The Morgan fingerprint density at radius 2 is 1.68 bits per heavy atom. The Bertz CT molecular complexity index is 642. The maximum atomic E-state index is 12.5. The summed E-state index contributed by atoms with van der Waals surface area (Å²) in [5.74, 6) is 0.421. The quantitative estimate of drug-likeness (QED) is 0.654. The highest BCUT2D eigenvalue weighted by atomic mass is 35.5. The number of halogens is 4. The van der Waals surface area contributed by atoms with Crippen LogP contribution in [0.5, 0.6) is 11.6 Å². The highest BCUT2D eigenvalue weighted by Gasteiger charge is 2.31. The summed E-state index contributed by atoms with van der Waals surface area (Å²) in [4.78, 5) is 3.62. The molecular formula is C16H17ClF3NO. The number of benzene rings is 1. The van der Waals surface area contributed by atoms with Gasteiger partial charge in [0, 0.05) is 6.20 Å². The average molecular weight is 332 g/mol. The molecule has 1 heterocycles. The molecular weight excluding hydrogens is 315 g/mol. The molecule has 0 unspecified atom stereocenters. The number of pyridine rings is 1. The fraction of sp³-hybridized carbons (Fsp3) is 0.312. The lowest BCUT2D eigenvalue weighted by atomic mass is 10.1. The van der Waals surface area contributed by atoms with Crippen LogP contribution in [0.4, 0.5) is 13.2 Å². The van der Waals surface area contributed by atoms with Gasteiger partial charge >= 0.3 is 6.18 Å². The molecule has 22 heavy (non-hydrogen) atoms. The molecule has 0 fully saturated rings. The lowest BCUT2D eigenvalue weighted by molar-refractivity contribution is -0.137.